The van der Waals surface area contributed by atoms with Gasteiger partial charge in [-0.15, -0.1) is 11.3 Å². The lowest BCUT2D eigenvalue weighted by atomic mass is 10.2. The van der Waals surface area contributed by atoms with Crippen molar-refractivity contribution in [3.8, 4) is 0 Å². The molecule has 33 heavy (non-hydrogen) atoms. The third-order valence-corrected chi connectivity index (χ3v) is 6.74. The van der Waals surface area contributed by atoms with Crippen molar-refractivity contribution in [1.29, 1.82) is 0 Å². The molecule has 11 nitrogen and oxygen atoms in total. The Balaban J connectivity index is 1.32. The van der Waals surface area contributed by atoms with E-state index in [0.717, 1.165) is 11.3 Å². The summed E-state index contributed by atoms with van der Waals surface area (Å²) < 4.78 is 7.45. The fourth-order valence-electron chi connectivity index (χ4n) is 4.17. The summed E-state index contributed by atoms with van der Waals surface area (Å²) in [4.78, 5) is 28.7. The maximum atomic E-state index is 13.1. The zero-order valence-electron chi connectivity index (χ0n) is 17.9. The van der Waals surface area contributed by atoms with Crippen LogP contribution in [-0.2, 0) is 9.53 Å². The normalized spacial score (nSPS) is 20.5. The summed E-state index contributed by atoms with van der Waals surface area (Å²) in [6, 6.07) is 5.37. The van der Waals surface area contributed by atoms with E-state index in [1.54, 1.807) is 13.3 Å². The molecule has 5 heterocycles. The van der Waals surface area contributed by atoms with Gasteiger partial charge in [0.25, 0.3) is 0 Å². The summed E-state index contributed by atoms with van der Waals surface area (Å²) in [6.45, 7) is 0.511. The lowest BCUT2D eigenvalue weighted by Gasteiger charge is -2.24. The minimum absolute atomic E-state index is 0.104. The first kappa shape index (κ1) is 20.1. The van der Waals surface area contributed by atoms with Crippen molar-refractivity contribution in [1.82, 2.24) is 29.5 Å². The third kappa shape index (κ3) is 3.91. The van der Waals surface area contributed by atoms with Gasteiger partial charge in [-0.25, -0.2) is 4.98 Å². The number of anilines is 4. The smallest absolute Gasteiger partial charge is 0.249 e. The van der Waals surface area contributed by atoms with E-state index in [4.69, 9.17) is 14.7 Å². The van der Waals surface area contributed by atoms with Crippen LogP contribution in [0, 0.1) is 0 Å². The number of hydrogen-bond acceptors (Lipinski definition) is 9. The molecule has 0 bridgehead atoms. The van der Waals surface area contributed by atoms with E-state index in [0.29, 0.717) is 41.7 Å². The number of methoxy groups -OCH3 is 1. The van der Waals surface area contributed by atoms with Crippen molar-refractivity contribution in [3.05, 3.63) is 41.7 Å². The Bertz CT molecular complexity index is 1280. The summed E-state index contributed by atoms with van der Waals surface area (Å²) in [7, 11) is 1.66. The van der Waals surface area contributed by atoms with Crippen LogP contribution in [0.15, 0.2) is 36.0 Å². The molecule has 1 saturated heterocycles. The Labute approximate surface area is 193 Å². The second kappa shape index (κ2) is 8.12. The predicted molar refractivity (Wildman–Crippen MR) is 124 cm³/mol. The predicted octanol–water partition coefficient (Wildman–Crippen LogP) is 2.76. The SMILES string of the molecule is CO[C@@H]1C[C@@H](C(=O)Nc2nccs2)N(c2nc(Nc3cc(C4CC4)[nH]n3)n3cccc3n2)C1. The molecule has 2 aliphatic rings. The molecule has 2 fully saturated rings. The first-order valence-corrected chi connectivity index (χ1v) is 11.7. The Morgan fingerprint density at radius 2 is 2.24 bits per heavy atom. The Morgan fingerprint density at radius 1 is 1.33 bits per heavy atom. The molecule has 4 aromatic rings. The summed E-state index contributed by atoms with van der Waals surface area (Å²) in [5.74, 6) is 2.16. The highest BCUT2D eigenvalue weighted by Crippen LogP contribution is 2.39. The first-order valence-electron chi connectivity index (χ1n) is 10.8. The molecular formula is C21H23N9O2S. The van der Waals surface area contributed by atoms with Crippen LogP contribution in [0.4, 0.5) is 22.8 Å². The number of ether oxygens (including phenoxy) is 1. The maximum Gasteiger partial charge on any atom is 0.249 e. The van der Waals surface area contributed by atoms with Crippen LogP contribution in [0.3, 0.4) is 0 Å². The zero-order valence-corrected chi connectivity index (χ0v) is 18.7. The summed E-state index contributed by atoms with van der Waals surface area (Å²) >= 11 is 1.38. The van der Waals surface area contributed by atoms with Gasteiger partial charge in [0.15, 0.2) is 10.9 Å². The number of carbonyl (C=O) groups excluding carboxylic acids is 1. The molecule has 1 aliphatic carbocycles. The number of carbonyl (C=O) groups is 1. The van der Waals surface area contributed by atoms with Gasteiger partial charge < -0.3 is 20.3 Å². The van der Waals surface area contributed by atoms with Gasteiger partial charge in [0.2, 0.25) is 17.8 Å². The first-order chi connectivity index (χ1) is 16.2. The maximum absolute atomic E-state index is 13.1. The molecule has 12 heteroatoms. The second-order valence-corrected chi connectivity index (χ2v) is 9.17. The minimum atomic E-state index is -0.476. The second-order valence-electron chi connectivity index (χ2n) is 8.28. The van der Waals surface area contributed by atoms with E-state index in [1.165, 1.54) is 24.2 Å². The topological polar surface area (TPSA) is 125 Å². The van der Waals surface area contributed by atoms with Gasteiger partial charge in [-0.05, 0) is 25.0 Å². The van der Waals surface area contributed by atoms with Crippen LogP contribution in [0.1, 0.15) is 30.9 Å². The van der Waals surface area contributed by atoms with Gasteiger partial charge in [0.1, 0.15) is 11.7 Å². The van der Waals surface area contributed by atoms with Crippen molar-refractivity contribution < 1.29 is 9.53 Å². The van der Waals surface area contributed by atoms with Crippen molar-refractivity contribution in [2.24, 2.45) is 0 Å². The van der Waals surface area contributed by atoms with E-state index < -0.39 is 6.04 Å². The largest absolute Gasteiger partial charge is 0.380 e. The van der Waals surface area contributed by atoms with Crippen LogP contribution in [0.2, 0.25) is 0 Å². The number of nitrogens with one attached hydrogen (secondary N) is 3. The number of fused-ring (bicyclic) bond motifs is 1. The van der Waals surface area contributed by atoms with E-state index in [-0.39, 0.29) is 12.0 Å². The quantitative estimate of drug-likeness (QED) is 0.380. The molecule has 1 saturated carbocycles. The van der Waals surface area contributed by atoms with Gasteiger partial charge in [-0.2, -0.15) is 15.1 Å². The van der Waals surface area contributed by atoms with Crippen LogP contribution in [0.25, 0.3) is 5.65 Å². The molecular weight excluding hydrogens is 442 g/mol. The Kier molecular flexibility index (Phi) is 4.95. The van der Waals surface area contributed by atoms with Gasteiger partial charge >= 0.3 is 0 Å². The zero-order chi connectivity index (χ0) is 22.4. The number of nitrogens with zero attached hydrogens (tertiary/aromatic N) is 6. The molecule has 1 aliphatic heterocycles. The standard InChI is InChI=1S/C21H23N9O2S/c1-32-13-9-15(18(31)25-21-22-6-8-33-21)30(11-13)20-24-17-3-2-7-29(17)19(26-20)23-16-10-14(27-28-16)12-4-5-12/h2-3,6-8,10,12-13,15H,4-5,9,11H2,1H3,(H,22,25,31)(H2,23,24,26,27,28)/t13-,15+/m1/s1. The molecule has 1 amide bonds. The third-order valence-electron chi connectivity index (χ3n) is 6.05. The van der Waals surface area contributed by atoms with E-state index in [1.807, 2.05) is 39.1 Å². The molecule has 2 atom stereocenters. The van der Waals surface area contributed by atoms with Crippen molar-refractivity contribution >= 4 is 45.7 Å². The minimum Gasteiger partial charge on any atom is -0.380 e. The van der Waals surface area contributed by atoms with Crippen LogP contribution in [0.5, 0.6) is 0 Å². The number of aromatic amines is 1. The van der Waals surface area contributed by atoms with E-state index >= 15 is 0 Å². The highest BCUT2D eigenvalue weighted by Gasteiger charge is 2.39. The average Bonchev–Trinajstić information content (AvgIpc) is 3.28. The van der Waals surface area contributed by atoms with Crippen molar-refractivity contribution in [2.75, 3.05) is 29.2 Å². The molecule has 0 radical (unpaired) electrons. The number of H-pyrrole nitrogens is 1. The fraction of sp³-hybridized carbons (Fsp3) is 0.381. The monoisotopic (exact) mass is 465 g/mol. The summed E-state index contributed by atoms with van der Waals surface area (Å²) in [6.07, 6.45) is 6.38. The van der Waals surface area contributed by atoms with E-state index in [9.17, 15) is 4.79 Å². The fourth-order valence-corrected chi connectivity index (χ4v) is 4.70. The number of amides is 1. The van der Waals surface area contributed by atoms with Gasteiger partial charge in [0.05, 0.1) is 6.10 Å². The van der Waals surface area contributed by atoms with Crippen LogP contribution < -0.4 is 15.5 Å². The highest BCUT2D eigenvalue weighted by atomic mass is 32.1. The molecule has 3 N–H and O–H groups in total. The molecule has 0 unspecified atom stereocenters. The lowest BCUT2D eigenvalue weighted by molar-refractivity contribution is -0.117. The van der Waals surface area contributed by atoms with E-state index in [2.05, 4.69) is 25.8 Å². The highest BCUT2D eigenvalue weighted by molar-refractivity contribution is 7.13. The van der Waals surface area contributed by atoms with Gasteiger partial charge in [-0.1, -0.05) is 0 Å². The number of hydrogen-bond donors (Lipinski definition) is 3. The molecule has 4 aromatic heterocycles. The number of thiazole rings is 1. The average molecular weight is 466 g/mol. The van der Waals surface area contributed by atoms with Gasteiger partial charge in [-0.3, -0.25) is 14.3 Å². The van der Waals surface area contributed by atoms with Crippen molar-refractivity contribution in [2.45, 2.75) is 37.3 Å². The number of rotatable bonds is 7. The molecule has 0 aromatic carbocycles. The number of aromatic nitrogens is 6. The Morgan fingerprint density at radius 3 is 3.03 bits per heavy atom. The van der Waals surface area contributed by atoms with Crippen LogP contribution >= 0.6 is 11.3 Å². The Hall–Kier alpha value is -3.51. The molecule has 170 valence electrons. The summed E-state index contributed by atoms with van der Waals surface area (Å²) in [5.41, 5.74) is 1.86. The summed E-state index contributed by atoms with van der Waals surface area (Å²) in [5, 5.41) is 16.1. The van der Waals surface area contributed by atoms with Crippen molar-refractivity contribution in [3.63, 3.8) is 0 Å². The molecule has 0 spiro atoms. The van der Waals surface area contributed by atoms with Gasteiger partial charge in [0, 0.05) is 55.5 Å². The van der Waals surface area contributed by atoms with Crippen LogP contribution in [-0.4, -0.2) is 61.3 Å². The molecule has 6 rings (SSSR count). The lowest BCUT2D eigenvalue weighted by Crippen LogP contribution is -2.40.